The molecule has 0 saturated heterocycles. The minimum atomic E-state index is -0.537. The number of methoxy groups -OCH3 is 1. The minimum Gasteiger partial charge on any atom is -0.466 e. The van der Waals surface area contributed by atoms with Crippen LogP contribution in [0.25, 0.3) is 10.9 Å². The van der Waals surface area contributed by atoms with E-state index in [2.05, 4.69) is 30.6 Å². The maximum absolute atomic E-state index is 13.9. The molecule has 0 bridgehead atoms. The van der Waals surface area contributed by atoms with E-state index in [1.807, 2.05) is 6.92 Å². The van der Waals surface area contributed by atoms with Crippen molar-refractivity contribution in [1.29, 1.82) is 0 Å². The molecule has 0 aliphatic heterocycles. The van der Waals surface area contributed by atoms with Crippen LogP contribution in [0.3, 0.4) is 0 Å². The molecule has 0 spiro atoms. The average Bonchev–Trinajstić information content (AvgIpc) is 2.44. The maximum Gasteiger partial charge on any atom is 0.343 e. The summed E-state index contributed by atoms with van der Waals surface area (Å²) in [7, 11) is 1.26. The number of aryl methyl sites for hydroxylation is 1. The molecule has 0 unspecified atom stereocenters. The van der Waals surface area contributed by atoms with E-state index in [1.165, 1.54) is 13.2 Å². The summed E-state index contributed by atoms with van der Waals surface area (Å²) in [5, 5.41) is 0.401. The summed E-state index contributed by atoms with van der Waals surface area (Å²) < 4.78 is 24.3. The molecule has 0 N–H and O–H groups in total. The van der Waals surface area contributed by atoms with Gasteiger partial charge in [-0.15, -0.1) is 0 Å². The monoisotopic (exact) mass is 342 g/mol. The van der Waals surface area contributed by atoms with Crippen LogP contribution in [-0.4, -0.2) is 29.7 Å². The Morgan fingerprint density at radius 1 is 1.40 bits per heavy atom. The molecule has 7 heteroatoms. The zero-order valence-electron chi connectivity index (χ0n) is 10.9. The van der Waals surface area contributed by atoms with Crippen LogP contribution in [0.2, 0.25) is 0 Å². The highest BCUT2D eigenvalue weighted by atomic mass is 79.9. The second-order valence-corrected chi connectivity index (χ2v) is 4.86. The molecular weight excluding hydrogens is 331 g/mol. The van der Waals surface area contributed by atoms with E-state index in [0.717, 1.165) is 0 Å². The van der Waals surface area contributed by atoms with Crippen molar-refractivity contribution in [2.24, 2.45) is 0 Å². The van der Waals surface area contributed by atoms with Gasteiger partial charge >= 0.3 is 5.97 Å². The van der Waals surface area contributed by atoms with Gasteiger partial charge in [-0.2, -0.15) is 4.98 Å². The quantitative estimate of drug-likeness (QED) is 0.799. The zero-order valence-corrected chi connectivity index (χ0v) is 12.5. The van der Waals surface area contributed by atoms with Gasteiger partial charge in [-0.3, -0.25) is 0 Å². The van der Waals surface area contributed by atoms with Gasteiger partial charge in [0.25, 0.3) is 0 Å². The van der Waals surface area contributed by atoms with Crippen LogP contribution in [0.4, 0.5) is 4.39 Å². The third kappa shape index (κ3) is 3.04. The Kier molecular flexibility index (Phi) is 4.49. The van der Waals surface area contributed by atoms with Crippen molar-refractivity contribution >= 4 is 32.8 Å². The van der Waals surface area contributed by atoms with Crippen LogP contribution in [0, 0.1) is 5.82 Å². The summed E-state index contributed by atoms with van der Waals surface area (Å²) in [6.07, 6.45) is 0.528. The predicted octanol–water partition coefficient (Wildman–Crippen LogP) is 2.65. The number of rotatable bonds is 4. The van der Waals surface area contributed by atoms with Crippen molar-refractivity contribution in [3.05, 3.63) is 28.2 Å². The van der Waals surface area contributed by atoms with Crippen molar-refractivity contribution in [2.75, 3.05) is 13.7 Å². The highest BCUT2D eigenvalue weighted by molar-refractivity contribution is 9.10. The standard InChI is InChI=1S/C13H12BrFN2O3/c1-3-10-16-12-8(4-7(14)5-9(12)15)13(17-10)20-6-11(18)19-2/h4-5H,3,6H2,1-2H3. The number of nitrogens with zero attached hydrogens (tertiary/aromatic N) is 2. The molecule has 5 nitrogen and oxygen atoms in total. The number of halogens is 2. The van der Waals surface area contributed by atoms with Gasteiger partial charge in [0.2, 0.25) is 5.88 Å². The molecule has 106 valence electrons. The first-order chi connectivity index (χ1) is 9.55. The summed E-state index contributed by atoms with van der Waals surface area (Å²) >= 11 is 3.20. The Balaban J connectivity index is 2.52. The van der Waals surface area contributed by atoms with Gasteiger partial charge in [-0.25, -0.2) is 14.2 Å². The molecule has 1 aromatic carbocycles. The Bertz CT molecular complexity index is 664. The number of carbonyl (C=O) groups excluding carboxylic acids is 1. The van der Waals surface area contributed by atoms with Crippen LogP contribution in [0.1, 0.15) is 12.7 Å². The van der Waals surface area contributed by atoms with E-state index >= 15 is 0 Å². The Morgan fingerprint density at radius 3 is 2.80 bits per heavy atom. The first kappa shape index (κ1) is 14.6. The Morgan fingerprint density at radius 2 is 2.15 bits per heavy atom. The number of esters is 1. The number of hydrogen-bond donors (Lipinski definition) is 0. The molecule has 0 amide bonds. The third-order valence-corrected chi connectivity index (χ3v) is 3.06. The molecule has 0 atom stereocenters. The van der Waals surface area contributed by atoms with Gasteiger partial charge in [0.15, 0.2) is 12.4 Å². The Hall–Kier alpha value is -1.76. The molecule has 2 aromatic rings. The lowest BCUT2D eigenvalue weighted by Crippen LogP contribution is -2.14. The van der Waals surface area contributed by atoms with Gasteiger partial charge in [0.05, 0.1) is 12.5 Å². The summed E-state index contributed by atoms with van der Waals surface area (Å²) in [5.74, 6) is -0.407. The van der Waals surface area contributed by atoms with E-state index in [9.17, 15) is 9.18 Å². The van der Waals surface area contributed by atoms with Crippen LogP contribution in [0.5, 0.6) is 5.88 Å². The molecule has 1 aromatic heterocycles. The summed E-state index contributed by atoms with van der Waals surface area (Å²) in [5.41, 5.74) is 0.167. The SMILES string of the molecule is CCc1nc(OCC(=O)OC)c2cc(Br)cc(F)c2n1. The molecule has 0 fully saturated rings. The fraction of sp³-hybridized carbons (Fsp3) is 0.308. The first-order valence-electron chi connectivity index (χ1n) is 5.90. The van der Waals surface area contributed by atoms with E-state index < -0.39 is 11.8 Å². The largest absolute Gasteiger partial charge is 0.466 e. The van der Waals surface area contributed by atoms with E-state index in [-0.39, 0.29) is 18.0 Å². The van der Waals surface area contributed by atoms with E-state index in [0.29, 0.717) is 22.1 Å². The van der Waals surface area contributed by atoms with Crippen LogP contribution >= 0.6 is 15.9 Å². The topological polar surface area (TPSA) is 61.3 Å². The number of aromatic nitrogens is 2. The van der Waals surface area contributed by atoms with Crippen LogP contribution in [0.15, 0.2) is 16.6 Å². The Labute approximate surface area is 123 Å². The number of ether oxygens (including phenoxy) is 2. The molecule has 2 rings (SSSR count). The van der Waals surface area contributed by atoms with Gasteiger partial charge in [0, 0.05) is 10.9 Å². The highest BCUT2D eigenvalue weighted by Gasteiger charge is 2.14. The summed E-state index contributed by atoms with van der Waals surface area (Å²) in [4.78, 5) is 19.5. The first-order valence-corrected chi connectivity index (χ1v) is 6.69. The highest BCUT2D eigenvalue weighted by Crippen LogP contribution is 2.28. The fourth-order valence-electron chi connectivity index (χ4n) is 1.63. The normalized spacial score (nSPS) is 10.6. The zero-order chi connectivity index (χ0) is 14.7. The summed E-state index contributed by atoms with van der Waals surface area (Å²) in [6, 6.07) is 2.96. The van der Waals surface area contributed by atoms with Gasteiger partial charge in [-0.1, -0.05) is 22.9 Å². The second-order valence-electron chi connectivity index (χ2n) is 3.95. The fourth-order valence-corrected chi connectivity index (χ4v) is 2.06. The molecule has 20 heavy (non-hydrogen) atoms. The van der Waals surface area contributed by atoms with Crippen molar-refractivity contribution in [3.8, 4) is 5.88 Å². The molecule has 0 aliphatic rings. The molecule has 1 heterocycles. The van der Waals surface area contributed by atoms with Gasteiger partial charge in [-0.05, 0) is 12.1 Å². The number of carbonyl (C=O) groups is 1. The van der Waals surface area contributed by atoms with Crippen molar-refractivity contribution in [3.63, 3.8) is 0 Å². The summed E-state index contributed by atoms with van der Waals surface area (Å²) in [6.45, 7) is 1.56. The number of benzene rings is 1. The molecule has 0 saturated carbocycles. The lowest BCUT2D eigenvalue weighted by molar-refractivity contribution is -0.142. The van der Waals surface area contributed by atoms with Crippen molar-refractivity contribution < 1.29 is 18.7 Å². The van der Waals surface area contributed by atoms with Crippen molar-refractivity contribution in [1.82, 2.24) is 9.97 Å². The van der Waals surface area contributed by atoms with Crippen LogP contribution in [-0.2, 0) is 16.0 Å². The molecule has 0 aliphatic carbocycles. The number of hydrogen-bond acceptors (Lipinski definition) is 5. The minimum absolute atomic E-state index is 0.164. The predicted molar refractivity (Wildman–Crippen MR) is 74.1 cm³/mol. The van der Waals surface area contributed by atoms with Gasteiger partial charge in [0.1, 0.15) is 11.3 Å². The van der Waals surface area contributed by atoms with E-state index in [4.69, 9.17) is 4.74 Å². The second kappa shape index (κ2) is 6.13. The lowest BCUT2D eigenvalue weighted by Gasteiger charge is -2.09. The third-order valence-electron chi connectivity index (χ3n) is 2.60. The maximum atomic E-state index is 13.9. The molecule has 0 radical (unpaired) electrons. The van der Waals surface area contributed by atoms with Crippen LogP contribution < -0.4 is 4.74 Å². The van der Waals surface area contributed by atoms with Crippen molar-refractivity contribution in [2.45, 2.75) is 13.3 Å². The lowest BCUT2D eigenvalue weighted by atomic mass is 10.2. The average molecular weight is 343 g/mol. The smallest absolute Gasteiger partial charge is 0.343 e. The molecular formula is C13H12BrFN2O3. The van der Waals surface area contributed by atoms with E-state index in [1.54, 1.807) is 6.07 Å². The van der Waals surface area contributed by atoms with Gasteiger partial charge < -0.3 is 9.47 Å². The number of fused-ring (bicyclic) bond motifs is 1.